The summed E-state index contributed by atoms with van der Waals surface area (Å²) in [5, 5.41) is 3.56. The van der Waals surface area contributed by atoms with Crippen LogP contribution in [0.1, 0.15) is 22.6 Å². The van der Waals surface area contributed by atoms with Gasteiger partial charge in [-0.2, -0.15) is 0 Å². The van der Waals surface area contributed by atoms with E-state index in [0.29, 0.717) is 17.3 Å². The number of thiazole rings is 1. The molecule has 1 aromatic carbocycles. The lowest BCUT2D eigenvalue weighted by atomic mass is 10.1. The third-order valence-corrected chi connectivity index (χ3v) is 6.16. The predicted octanol–water partition coefficient (Wildman–Crippen LogP) is 2.94. The highest BCUT2D eigenvalue weighted by molar-refractivity contribution is 7.99. The summed E-state index contributed by atoms with van der Waals surface area (Å²) >= 11 is 2.95. The Morgan fingerprint density at radius 3 is 2.93 bits per heavy atom. The molecule has 8 heteroatoms. The molecule has 0 unspecified atom stereocenters. The summed E-state index contributed by atoms with van der Waals surface area (Å²) in [6.45, 7) is 2.77. The van der Waals surface area contributed by atoms with E-state index >= 15 is 0 Å². The van der Waals surface area contributed by atoms with Crippen LogP contribution in [0.5, 0.6) is 0 Å². The molecule has 1 aliphatic heterocycles. The first-order valence-electron chi connectivity index (χ1n) is 8.83. The summed E-state index contributed by atoms with van der Waals surface area (Å²) in [5.41, 5.74) is 2.41. The van der Waals surface area contributed by atoms with Crippen molar-refractivity contribution in [3.8, 4) is 0 Å². The van der Waals surface area contributed by atoms with Gasteiger partial charge in [0.05, 0.1) is 18.6 Å². The first-order valence-corrected chi connectivity index (χ1v) is 10.8. The van der Waals surface area contributed by atoms with Crippen molar-refractivity contribution in [1.82, 2.24) is 9.88 Å². The fourth-order valence-electron chi connectivity index (χ4n) is 2.84. The van der Waals surface area contributed by atoms with Gasteiger partial charge < -0.3 is 10.1 Å². The molecule has 0 radical (unpaired) electrons. The maximum absolute atomic E-state index is 12.1. The minimum absolute atomic E-state index is 0.0698. The Morgan fingerprint density at radius 1 is 1.33 bits per heavy atom. The zero-order valence-electron chi connectivity index (χ0n) is 15.3. The molecule has 0 saturated heterocycles. The summed E-state index contributed by atoms with van der Waals surface area (Å²) in [7, 11) is 1.36. The molecule has 0 bridgehead atoms. The van der Waals surface area contributed by atoms with Crippen LogP contribution in [0.15, 0.2) is 30.3 Å². The monoisotopic (exact) mass is 405 g/mol. The van der Waals surface area contributed by atoms with Gasteiger partial charge in [0.25, 0.3) is 0 Å². The summed E-state index contributed by atoms with van der Waals surface area (Å²) in [4.78, 5) is 31.3. The van der Waals surface area contributed by atoms with Gasteiger partial charge in [-0.15, -0.1) is 23.1 Å². The quantitative estimate of drug-likeness (QED) is 0.538. The van der Waals surface area contributed by atoms with Gasteiger partial charge in [-0.1, -0.05) is 30.3 Å². The highest BCUT2D eigenvalue weighted by atomic mass is 32.2. The first kappa shape index (κ1) is 19.9. The number of hydrogen-bond donors (Lipinski definition) is 1. The number of carbonyl (C=O) groups excluding carboxylic acids is 2. The maximum atomic E-state index is 12.1. The van der Waals surface area contributed by atoms with Crippen LogP contribution in [0, 0.1) is 0 Å². The molecule has 2 aromatic rings. The number of anilines is 1. The molecule has 0 fully saturated rings. The fourth-order valence-corrected chi connectivity index (χ4v) is 4.66. The van der Waals surface area contributed by atoms with E-state index in [-0.39, 0.29) is 17.6 Å². The zero-order valence-corrected chi connectivity index (χ0v) is 16.9. The third kappa shape index (κ3) is 6.05. The lowest BCUT2D eigenvalue weighted by Crippen LogP contribution is -2.29. The van der Waals surface area contributed by atoms with Crippen molar-refractivity contribution in [1.29, 1.82) is 0 Å². The average molecular weight is 406 g/mol. The van der Waals surface area contributed by atoms with E-state index in [0.717, 1.165) is 31.7 Å². The molecule has 0 saturated carbocycles. The Kier molecular flexibility index (Phi) is 7.25. The Labute approximate surface area is 167 Å². The largest absolute Gasteiger partial charge is 0.468 e. The molecule has 0 atom stereocenters. The minimum Gasteiger partial charge on any atom is -0.468 e. The lowest BCUT2D eigenvalue weighted by Gasteiger charge is -2.25. The minimum atomic E-state index is -0.270. The van der Waals surface area contributed by atoms with E-state index in [1.54, 1.807) is 11.3 Å². The van der Waals surface area contributed by atoms with Crippen molar-refractivity contribution in [3.05, 3.63) is 46.5 Å². The number of nitrogens with one attached hydrogen (secondary N) is 1. The van der Waals surface area contributed by atoms with Gasteiger partial charge in [-0.25, -0.2) is 4.98 Å². The van der Waals surface area contributed by atoms with Gasteiger partial charge in [-0.05, 0) is 5.56 Å². The van der Waals surface area contributed by atoms with Gasteiger partial charge in [0, 0.05) is 43.1 Å². The number of hydrogen-bond acceptors (Lipinski definition) is 7. The molecule has 6 nitrogen and oxygen atoms in total. The maximum Gasteiger partial charge on any atom is 0.315 e. The number of rotatable bonds is 8. The second-order valence-electron chi connectivity index (χ2n) is 6.26. The third-order valence-electron chi connectivity index (χ3n) is 4.23. The second kappa shape index (κ2) is 9.87. The van der Waals surface area contributed by atoms with Gasteiger partial charge in [0.1, 0.15) is 0 Å². The molecular formula is C19H23N3O3S2. The van der Waals surface area contributed by atoms with Crippen LogP contribution in [0.2, 0.25) is 0 Å². The van der Waals surface area contributed by atoms with Crippen LogP contribution in [-0.4, -0.2) is 46.9 Å². The van der Waals surface area contributed by atoms with Crippen molar-refractivity contribution in [3.63, 3.8) is 0 Å². The summed E-state index contributed by atoms with van der Waals surface area (Å²) in [5.74, 6) is 0.511. The molecule has 1 amide bonds. The van der Waals surface area contributed by atoms with E-state index in [2.05, 4.69) is 44.2 Å². The Balaban J connectivity index is 1.46. The molecule has 1 N–H and O–H groups in total. The van der Waals surface area contributed by atoms with Crippen LogP contribution in [-0.2, 0) is 33.8 Å². The molecule has 144 valence electrons. The van der Waals surface area contributed by atoms with Crippen molar-refractivity contribution in [2.75, 3.05) is 30.5 Å². The number of benzene rings is 1. The average Bonchev–Trinajstić information content (AvgIpc) is 3.07. The Morgan fingerprint density at radius 2 is 2.15 bits per heavy atom. The van der Waals surface area contributed by atoms with Crippen LogP contribution in [0.3, 0.4) is 0 Å². The number of esters is 1. The van der Waals surface area contributed by atoms with Crippen molar-refractivity contribution >= 4 is 40.1 Å². The number of amides is 1. The molecular weight excluding hydrogens is 382 g/mol. The Hall–Kier alpha value is -1.90. The molecule has 0 spiro atoms. The normalized spacial score (nSPS) is 13.8. The molecule has 0 aliphatic carbocycles. The number of ether oxygens (including phenoxy) is 1. The van der Waals surface area contributed by atoms with Crippen LogP contribution >= 0.6 is 23.1 Å². The number of methoxy groups -OCH3 is 1. The smallest absolute Gasteiger partial charge is 0.315 e. The van der Waals surface area contributed by atoms with E-state index in [9.17, 15) is 9.59 Å². The van der Waals surface area contributed by atoms with Gasteiger partial charge in [0.2, 0.25) is 5.91 Å². The number of thioether (sulfide) groups is 1. The first-order chi connectivity index (χ1) is 13.1. The highest BCUT2D eigenvalue weighted by Crippen LogP contribution is 2.29. The molecule has 3 rings (SSSR count). The van der Waals surface area contributed by atoms with Crippen LogP contribution in [0.4, 0.5) is 5.13 Å². The number of aromatic nitrogens is 1. The molecule has 2 heterocycles. The van der Waals surface area contributed by atoms with Gasteiger partial charge in [0.15, 0.2) is 5.13 Å². The Bertz CT molecular complexity index is 780. The van der Waals surface area contributed by atoms with E-state index < -0.39 is 0 Å². The summed E-state index contributed by atoms with van der Waals surface area (Å²) in [6, 6.07) is 10.4. The summed E-state index contributed by atoms with van der Waals surface area (Å²) < 4.78 is 4.57. The highest BCUT2D eigenvalue weighted by Gasteiger charge is 2.21. The van der Waals surface area contributed by atoms with E-state index in [4.69, 9.17) is 0 Å². The van der Waals surface area contributed by atoms with E-state index in [1.807, 2.05) is 6.07 Å². The topological polar surface area (TPSA) is 71.5 Å². The van der Waals surface area contributed by atoms with E-state index in [1.165, 1.54) is 29.3 Å². The van der Waals surface area contributed by atoms with Gasteiger partial charge >= 0.3 is 5.97 Å². The van der Waals surface area contributed by atoms with Crippen molar-refractivity contribution in [2.24, 2.45) is 0 Å². The second-order valence-corrected chi connectivity index (χ2v) is 8.45. The van der Waals surface area contributed by atoms with Crippen molar-refractivity contribution < 1.29 is 14.3 Å². The molecule has 27 heavy (non-hydrogen) atoms. The van der Waals surface area contributed by atoms with Crippen LogP contribution in [0.25, 0.3) is 0 Å². The van der Waals surface area contributed by atoms with Crippen LogP contribution < -0.4 is 5.32 Å². The van der Waals surface area contributed by atoms with Gasteiger partial charge in [-0.3, -0.25) is 14.5 Å². The molecule has 1 aromatic heterocycles. The predicted molar refractivity (Wildman–Crippen MR) is 109 cm³/mol. The molecule has 1 aliphatic rings. The number of carbonyl (C=O) groups is 2. The zero-order chi connectivity index (χ0) is 19.1. The van der Waals surface area contributed by atoms with Crippen molar-refractivity contribution in [2.45, 2.75) is 25.9 Å². The number of nitrogens with zero attached hydrogens (tertiary/aromatic N) is 2. The standard InChI is InChI=1S/C19H23N3O3S2/c1-25-18(24)13-26-10-8-17(23)21-19-20-15-7-9-22(12-16(15)27-19)11-14-5-3-2-4-6-14/h2-6H,7-13H2,1H3,(H,20,21,23). The fraction of sp³-hybridized carbons (Fsp3) is 0.421. The summed E-state index contributed by atoms with van der Waals surface area (Å²) in [6.07, 6.45) is 1.26. The number of fused-ring (bicyclic) bond motifs is 1. The lowest BCUT2D eigenvalue weighted by molar-refractivity contribution is -0.137. The SMILES string of the molecule is COC(=O)CSCCC(=O)Nc1nc2c(s1)CN(Cc1ccccc1)CC2.